The van der Waals surface area contributed by atoms with Crippen LogP contribution in [0.1, 0.15) is 39.2 Å². The molecule has 0 spiro atoms. The molecule has 2 rings (SSSR count). The van der Waals surface area contributed by atoms with Crippen molar-refractivity contribution in [3.8, 4) is 0 Å². The van der Waals surface area contributed by atoms with Crippen molar-refractivity contribution < 1.29 is 13.2 Å². The lowest BCUT2D eigenvalue weighted by Gasteiger charge is -2.44. The van der Waals surface area contributed by atoms with Gasteiger partial charge in [-0.05, 0) is 63.5 Å². The van der Waals surface area contributed by atoms with E-state index in [1.807, 2.05) is 0 Å². The minimum Gasteiger partial charge on any atom is -0.358 e. The van der Waals surface area contributed by atoms with Crippen LogP contribution in [0.5, 0.6) is 0 Å². The molecule has 0 aromatic heterocycles. The van der Waals surface area contributed by atoms with E-state index in [9.17, 15) is 13.2 Å². The highest BCUT2D eigenvalue weighted by atomic mass is 32.2. The Balaban J connectivity index is 1.74. The topological polar surface area (TPSA) is 105 Å². The first-order valence-electron chi connectivity index (χ1n) is 8.95. The Bertz CT molecular complexity index is 791. The maximum atomic E-state index is 12.1. The summed E-state index contributed by atoms with van der Waals surface area (Å²) in [6, 6.07) is 6.64. The largest absolute Gasteiger partial charge is 0.358 e. The first-order chi connectivity index (χ1) is 12.5. The van der Waals surface area contributed by atoms with Crippen LogP contribution in [-0.4, -0.2) is 49.0 Å². The van der Waals surface area contributed by atoms with E-state index in [-0.39, 0.29) is 16.3 Å². The average Bonchev–Trinajstić information content (AvgIpc) is 2.52. The number of amides is 1. The summed E-state index contributed by atoms with van der Waals surface area (Å²) < 4.78 is 22.5. The Morgan fingerprint density at radius 2 is 2.00 bits per heavy atom. The number of carbonyl (C=O) groups is 1. The van der Waals surface area contributed by atoms with E-state index in [4.69, 9.17) is 17.4 Å². The molecule has 0 saturated carbocycles. The van der Waals surface area contributed by atoms with Gasteiger partial charge in [0, 0.05) is 31.1 Å². The average molecular weight is 413 g/mol. The second-order valence-corrected chi connectivity index (χ2v) is 9.55. The second-order valence-electron chi connectivity index (χ2n) is 7.60. The molecule has 1 aliphatic heterocycles. The molecule has 150 valence electrons. The van der Waals surface area contributed by atoms with E-state index in [1.54, 1.807) is 12.1 Å². The summed E-state index contributed by atoms with van der Waals surface area (Å²) >= 11 is 5.42. The van der Waals surface area contributed by atoms with E-state index in [2.05, 4.69) is 36.3 Å². The van der Waals surface area contributed by atoms with Crippen molar-refractivity contribution in [3.63, 3.8) is 0 Å². The normalized spacial score (nSPS) is 19.5. The standard InChI is InChI=1S/C18H28N4O3S2/c1-13-12-18(2,3)21-17(26)22(13)11-9-16(23)20-10-8-14-4-6-15(7-5-14)27(19,24)25/h4-7,13H,8-12H2,1-3H3,(H,20,23)(H,21,26)(H2,19,24,25)/t13-/m0/s1. The molecule has 0 bridgehead atoms. The lowest BCUT2D eigenvalue weighted by molar-refractivity contribution is -0.121. The van der Waals surface area contributed by atoms with Crippen molar-refractivity contribution in [2.75, 3.05) is 13.1 Å². The predicted molar refractivity (Wildman–Crippen MR) is 110 cm³/mol. The fourth-order valence-electron chi connectivity index (χ4n) is 3.29. The van der Waals surface area contributed by atoms with Crippen LogP contribution >= 0.6 is 12.2 Å². The third kappa shape index (κ3) is 6.44. The highest BCUT2D eigenvalue weighted by Crippen LogP contribution is 2.22. The molecule has 0 radical (unpaired) electrons. The number of hydrogen-bond donors (Lipinski definition) is 3. The first kappa shape index (κ1) is 21.6. The van der Waals surface area contributed by atoms with E-state index in [0.29, 0.717) is 37.1 Å². The maximum Gasteiger partial charge on any atom is 0.238 e. The zero-order valence-electron chi connectivity index (χ0n) is 16.0. The third-order valence-corrected chi connectivity index (χ3v) is 5.88. The summed E-state index contributed by atoms with van der Waals surface area (Å²) in [5, 5.41) is 12.0. The molecule has 1 amide bonds. The summed E-state index contributed by atoms with van der Waals surface area (Å²) in [5.74, 6) is -0.0315. The van der Waals surface area contributed by atoms with Gasteiger partial charge in [-0.15, -0.1) is 0 Å². The summed E-state index contributed by atoms with van der Waals surface area (Å²) in [6.45, 7) is 7.43. The zero-order valence-corrected chi connectivity index (χ0v) is 17.6. The molecule has 7 nitrogen and oxygen atoms in total. The van der Waals surface area contributed by atoms with Gasteiger partial charge in [-0.2, -0.15) is 0 Å². The molecule has 1 aromatic rings. The first-order valence-corrected chi connectivity index (χ1v) is 10.9. The van der Waals surface area contributed by atoms with Crippen LogP contribution in [0.3, 0.4) is 0 Å². The molecule has 4 N–H and O–H groups in total. The van der Waals surface area contributed by atoms with Gasteiger partial charge in [0.1, 0.15) is 0 Å². The minimum atomic E-state index is -3.68. The van der Waals surface area contributed by atoms with Crippen molar-refractivity contribution in [1.82, 2.24) is 15.5 Å². The van der Waals surface area contributed by atoms with Gasteiger partial charge in [0.2, 0.25) is 15.9 Å². The number of nitrogens with zero attached hydrogens (tertiary/aromatic N) is 1. The van der Waals surface area contributed by atoms with Crippen LogP contribution in [0.25, 0.3) is 0 Å². The SMILES string of the molecule is C[C@H]1CC(C)(C)NC(=S)N1CCC(=O)NCCc1ccc(S(N)(=O)=O)cc1. The number of rotatable bonds is 7. The molecule has 0 unspecified atom stereocenters. The fraction of sp³-hybridized carbons (Fsp3) is 0.556. The molecule has 1 aliphatic rings. The number of benzene rings is 1. The van der Waals surface area contributed by atoms with Crippen molar-refractivity contribution in [2.45, 2.75) is 56.5 Å². The Kier molecular flexibility index (Phi) is 6.82. The van der Waals surface area contributed by atoms with Gasteiger partial charge in [-0.25, -0.2) is 13.6 Å². The number of primary sulfonamides is 1. The van der Waals surface area contributed by atoms with Gasteiger partial charge < -0.3 is 15.5 Å². The molecule has 1 aromatic carbocycles. The second kappa shape index (κ2) is 8.53. The smallest absolute Gasteiger partial charge is 0.238 e. The van der Waals surface area contributed by atoms with Crippen LogP contribution in [0, 0.1) is 0 Å². The molecule has 1 heterocycles. The van der Waals surface area contributed by atoms with Gasteiger partial charge in [0.15, 0.2) is 5.11 Å². The van der Waals surface area contributed by atoms with Crippen molar-refractivity contribution in [2.24, 2.45) is 5.14 Å². The molecule has 27 heavy (non-hydrogen) atoms. The maximum absolute atomic E-state index is 12.1. The van der Waals surface area contributed by atoms with Crippen molar-refractivity contribution >= 4 is 33.3 Å². The quantitative estimate of drug-likeness (QED) is 0.580. The molecule has 9 heteroatoms. The molecular formula is C18H28N4O3S2. The van der Waals surface area contributed by atoms with E-state index in [0.717, 1.165) is 12.0 Å². The Labute approximate surface area is 166 Å². The minimum absolute atomic E-state index is 0.0198. The number of thiocarbonyl (C=S) groups is 1. The highest BCUT2D eigenvalue weighted by Gasteiger charge is 2.32. The number of carbonyl (C=O) groups excluding carboxylic acids is 1. The van der Waals surface area contributed by atoms with Crippen LogP contribution in [0.2, 0.25) is 0 Å². The summed E-state index contributed by atoms with van der Waals surface area (Å²) in [4.78, 5) is 14.2. The van der Waals surface area contributed by atoms with Gasteiger partial charge in [0.25, 0.3) is 0 Å². The summed E-state index contributed by atoms with van der Waals surface area (Å²) in [6.07, 6.45) is 1.95. The van der Waals surface area contributed by atoms with E-state index >= 15 is 0 Å². The van der Waals surface area contributed by atoms with E-state index in [1.165, 1.54) is 12.1 Å². The van der Waals surface area contributed by atoms with Crippen LogP contribution in [0.15, 0.2) is 29.2 Å². The lowest BCUT2D eigenvalue weighted by atomic mass is 9.93. The van der Waals surface area contributed by atoms with Gasteiger partial charge in [-0.3, -0.25) is 4.79 Å². The van der Waals surface area contributed by atoms with Crippen LogP contribution in [-0.2, 0) is 21.2 Å². The molecule has 1 atom stereocenters. The third-order valence-electron chi connectivity index (χ3n) is 4.61. The van der Waals surface area contributed by atoms with E-state index < -0.39 is 10.0 Å². The number of sulfonamides is 1. The Morgan fingerprint density at radius 1 is 1.37 bits per heavy atom. The van der Waals surface area contributed by atoms with Crippen molar-refractivity contribution in [3.05, 3.63) is 29.8 Å². The van der Waals surface area contributed by atoms with Gasteiger partial charge in [0.05, 0.1) is 4.90 Å². The van der Waals surface area contributed by atoms with Gasteiger partial charge >= 0.3 is 0 Å². The summed E-state index contributed by atoms with van der Waals surface area (Å²) in [5.41, 5.74) is 0.911. The number of nitrogens with one attached hydrogen (secondary N) is 2. The Hall–Kier alpha value is -1.71. The number of hydrogen-bond acceptors (Lipinski definition) is 4. The highest BCUT2D eigenvalue weighted by molar-refractivity contribution is 7.89. The monoisotopic (exact) mass is 412 g/mol. The molecular weight excluding hydrogens is 384 g/mol. The molecule has 1 saturated heterocycles. The predicted octanol–water partition coefficient (Wildman–Crippen LogP) is 1.13. The van der Waals surface area contributed by atoms with Crippen LogP contribution in [0.4, 0.5) is 0 Å². The molecule has 0 aliphatic carbocycles. The van der Waals surface area contributed by atoms with Crippen LogP contribution < -0.4 is 15.8 Å². The van der Waals surface area contributed by atoms with Crippen molar-refractivity contribution in [1.29, 1.82) is 0 Å². The lowest BCUT2D eigenvalue weighted by Crippen LogP contribution is -2.60. The Morgan fingerprint density at radius 3 is 2.56 bits per heavy atom. The fourth-order valence-corrected chi connectivity index (χ4v) is 4.35. The zero-order chi connectivity index (χ0) is 20.2. The molecule has 1 fully saturated rings. The van der Waals surface area contributed by atoms with Gasteiger partial charge in [-0.1, -0.05) is 12.1 Å². The summed E-state index contributed by atoms with van der Waals surface area (Å²) in [7, 11) is -3.68. The number of nitrogens with two attached hydrogens (primary N) is 1.